The number of aliphatic imine (C=N–C) groups is 1. The van der Waals surface area contributed by atoms with Crippen molar-refractivity contribution in [2.45, 2.75) is 13.8 Å². The molecule has 0 saturated heterocycles. The Bertz CT molecular complexity index is 702. The molecule has 0 aliphatic rings. The van der Waals surface area contributed by atoms with E-state index >= 15 is 0 Å². The van der Waals surface area contributed by atoms with Crippen molar-refractivity contribution in [2.24, 2.45) is 10.7 Å². The highest BCUT2D eigenvalue weighted by Crippen LogP contribution is 2.27. The van der Waals surface area contributed by atoms with Crippen LogP contribution in [0.5, 0.6) is 17.2 Å². The van der Waals surface area contributed by atoms with E-state index in [1.54, 1.807) is 32.4 Å². The second kappa shape index (κ2) is 8.82. The van der Waals surface area contributed by atoms with Crippen LogP contribution < -0.4 is 25.3 Å². The van der Waals surface area contributed by atoms with Crippen LogP contribution in [0.4, 0.5) is 5.69 Å². The number of guanidine groups is 1. The first-order valence-corrected chi connectivity index (χ1v) is 8.01. The lowest BCUT2D eigenvalue weighted by Crippen LogP contribution is -2.23. The third kappa shape index (κ3) is 5.91. The maximum atomic E-state index is 5.92. The van der Waals surface area contributed by atoms with Crippen molar-refractivity contribution < 1.29 is 14.2 Å². The Hall–Kier alpha value is -2.89. The summed E-state index contributed by atoms with van der Waals surface area (Å²) < 4.78 is 16.1. The topological polar surface area (TPSA) is 78.1 Å². The van der Waals surface area contributed by atoms with Crippen molar-refractivity contribution in [3.8, 4) is 17.2 Å². The molecule has 0 saturated carbocycles. The molecule has 0 fully saturated rings. The van der Waals surface area contributed by atoms with Crippen molar-refractivity contribution in [1.29, 1.82) is 0 Å². The predicted molar refractivity (Wildman–Crippen MR) is 101 cm³/mol. The van der Waals surface area contributed by atoms with Gasteiger partial charge in [-0.2, -0.15) is 0 Å². The molecule has 25 heavy (non-hydrogen) atoms. The van der Waals surface area contributed by atoms with Crippen LogP contribution in [0.25, 0.3) is 0 Å². The molecule has 0 spiro atoms. The Morgan fingerprint density at radius 2 is 1.48 bits per heavy atom. The molecule has 2 aromatic rings. The van der Waals surface area contributed by atoms with Crippen LogP contribution in [0, 0.1) is 13.8 Å². The summed E-state index contributed by atoms with van der Waals surface area (Å²) in [5.74, 6) is 2.37. The summed E-state index contributed by atoms with van der Waals surface area (Å²) in [7, 11) is 3.20. The van der Waals surface area contributed by atoms with Gasteiger partial charge in [0.05, 0.1) is 20.8 Å². The summed E-state index contributed by atoms with van der Waals surface area (Å²) >= 11 is 0. The number of nitrogens with zero attached hydrogens (tertiary/aromatic N) is 1. The molecule has 0 unspecified atom stereocenters. The summed E-state index contributed by atoms with van der Waals surface area (Å²) in [5.41, 5.74) is 9.19. The van der Waals surface area contributed by atoms with Gasteiger partial charge in [0.25, 0.3) is 0 Å². The van der Waals surface area contributed by atoms with Crippen LogP contribution in [-0.4, -0.2) is 33.3 Å². The maximum Gasteiger partial charge on any atom is 0.193 e. The fraction of sp³-hybridized carbons (Fsp3) is 0.316. The van der Waals surface area contributed by atoms with Gasteiger partial charge in [-0.3, -0.25) is 0 Å². The molecule has 6 nitrogen and oxygen atoms in total. The average molecular weight is 343 g/mol. The lowest BCUT2D eigenvalue weighted by molar-refractivity contribution is 0.321. The number of hydrogen-bond donors (Lipinski definition) is 2. The number of methoxy groups -OCH3 is 2. The predicted octanol–water partition coefficient (Wildman–Crippen LogP) is 3.13. The Kier molecular flexibility index (Phi) is 6.51. The Balaban J connectivity index is 1.88. The van der Waals surface area contributed by atoms with E-state index in [1.807, 2.05) is 26.0 Å². The third-order valence-electron chi connectivity index (χ3n) is 3.46. The monoisotopic (exact) mass is 343 g/mol. The molecule has 134 valence electrons. The van der Waals surface area contributed by atoms with Gasteiger partial charge in [-0.15, -0.1) is 0 Å². The van der Waals surface area contributed by atoms with Gasteiger partial charge in [-0.1, -0.05) is 6.07 Å². The van der Waals surface area contributed by atoms with Gasteiger partial charge in [-0.05, 0) is 37.1 Å². The minimum absolute atomic E-state index is 0.358. The Morgan fingerprint density at radius 3 is 2.04 bits per heavy atom. The van der Waals surface area contributed by atoms with Crippen LogP contribution >= 0.6 is 0 Å². The summed E-state index contributed by atoms with van der Waals surface area (Å²) in [4.78, 5) is 4.27. The highest BCUT2D eigenvalue weighted by Gasteiger charge is 2.03. The van der Waals surface area contributed by atoms with E-state index < -0.39 is 0 Å². The molecule has 0 radical (unpaired) electrons. The van der Waals surface area contributed by atoms with Crippen molar-refractivity contribution in [2.75, 3.05) is 32.7 Å². The molecule has 6 heteroatoms. The highest BCUT2D eigenvalue weighted by molar-refractivity contribution is 5.92. The zero-order valence-corrected chi connectivity index (χ0v) is 15.1. The molecule has 3 N–H and O–H groups in total. The van der Waals surface area contributed by atoms with E-state index in [1.165, 1.54) is 11.1 Å². The largest absolute Gasteiger partial charge is 0.496 e. The molecule has 2 aromatic carbocycles. The molecular weight excluding hydrogens is 318 g/mol. The van der Waals surface area contributed by atoms with E-state index in [0.29, 0.717) is 36.4 Å². The third-order valence-corrected chi connectivity index (χ3v) is 3.46. The molecule has 0 amide bonds. The first-order chi connectivity index (χ1) is 12.0. The SMILES string of the molecule is COc1cc(OC)cc(OCCN=C(N)Nc2cc(C)cc(C)c2)c1. The van der Waals surface area contributed by atoms with Gasteiger partial charge in [-0.25, -0.2) is 4.99 Å². The summed E-state index contributed by atoms with van der Waals surface area (Å²) in [6.07, 6.45) is 0. The second-order valence-corrected chi connectivity index (χ2v) is 5.67. The molecule has 0 aliphatic carbocycles. The normalized spacial score (nSPS) is 11.1. The number of anilines is 1. The molecule has 0 atom stereocenters. The van der Waals surface area contributed by atoms with Crippen LogP contribution in [0.2, 0.25) is 0 Å². The van der Waals surface area contributed by atoms with Gasteiger partial charge in [0.2, 0.25) is 0 Å². The number of nitrogens with one attached hydrogen (secondary N) is 1. The quantitative estimate of drug-likeness (QED) is 0.459. The standard InChI is InChI=1S/C19H25N3O3/c1-13-7-14(2)9-15(8-13)22-19(20)21-5-6-25-18-11-16(23-3)10-17(12-18)24-4/h7-12H,5-6H2,1-4H3,(H3,20,21,22). The van der Waals surface area contributed by atoms with Crippen LogP contribution in [-0.2, 0) is 0 Å². The number of hydrogen-bond acceptors (Lipinski definition) is 4. The zero-order valence-electron chi connectivity index (χ0n) is 15.1. The van der Waals surface area contributed by atoms with Gasteiger partial charge in [0.15, 0.2) is 5.96 Å². The van der Waals surface area contributed by atoms with Gasteiger partial charge in [0.1, 0.15) is 23.9 Å². The summed E-state index contributed by atoms with van der Waals surface area (Å²) in [6, 6.07) is 11.5. The number of rotatable bonds is 7. The van der Waals surface area contributed by atoms with Crippen molar-refractivity contribution in [3.05, 3.63) is 47.5 Å². The molecule has 2 rings (SSSR count). The Labute approximate surface area is 148 Å². The number of ether oxygens (including phenoxy) is 3. The van der Waals surface area contributed by atoms with Crippen LogP contribution in [0.3, 0.4) is 0 Å². The second-order valence-electron chi connectivity index (χ2n) is 5.67. The van der Waals surface area contributed by atoms with Crippen molar-refractivity contribution in [1.82, 2.24) is 0 Å². The van der Waals surface area contributed by atoms with E-state index in [9.17, 15) is 0 Å². The highest BCUT2D eigenvalue weighted by atomic mass is 16.5. The molecule has 0 bridgehead atoms. The Morgan fingerprint density at radius 1 is 0.920 bits per heavy atom. The van der Waals surface area contributed by atoms with E-state index in [2.05, 4.69) is 16.4 Å². The number of aryl methyl sites for hydroxylation is 2. The average Bonchev–Trinajstić information content (AvgIpc) is 2.57. The maximum absolute atomic E-state index is 5.92. The van der Waals surface area contributed by atoms with Crippen LogP contribution in [0.1, 0.15) is 11.1 Å². The number of nitrogens with two attached hydrogens (primary N) is 1. The molecular formula is C19H25N3O3. The van der Waals surface area contributed by atoms with Gasteiger partial charge >= 0.3 is 0 Å². The first kappa shape index (κ1) is 18.4. The fourth-order valence-electron chi connectivity index (χ4n) is 2.43. The van der Waals surface area contributed by atoms with Gasteiger partial charge < -0.3 is 25.3 Å². The van der Waals surface area contributed by atoms with E-state index in [-0.39, 0.29) is 0 Å². The van der Waals surface area contributed by atoms with Crippen molar-refractivity contribution >= 4 is 11.6 Å². The fourth-order valence-corrected chi connectivity index (χ4v) is 2.43. The summed E-state index contributed by atoms with van der Waals surface area (Å²) in [6.45, 7) is 4.91. The van der Waals surface area contributed by atoms with E-state index in [4.69, 9.17) is 19.9 Å². The summed E-state index contributed by atoms with van der Waals surface area (Å²) in [5, 5.41) is 3.09. The smallest absolute Gasteiger partial charge is 0.193 e. The molecule has 0 aliphatic heterocycles. The van der Waals surface area contributed by atoms with E-state index in [0.717, 1.165) is 5.69 Å². The number of benzene rings is 2. The minimum atomic E-state index is 0.358. The van der Waals surface area contributed by atoms with Crippen molar-refractivity contribution in [3.63, 3.8) is 0 Å². The lowest BCUT2D eigenvalue weighted by atomic mass is 10.1. The lowest BCUT2D eigenvalue weighted by Gasteiger charge is -2.10. The minimum Gasteiger partial charge on any atom is -0.496 e. The van der Waals surface area contributed by atoms with Gasteiger partial charge in [0, 0.05) is 23.9 Å². The molecule has 0 aromatic heterocycles. The van der Waals surface area contributed by atoms with Crippen LogP contribution in [0.15, 0.2) is 41.4 Å². The first-order valence-electron chi connectivity index (χ1n) is 8.01. The zero-order chi connectivity index (χ0) is 18.2. The molecule has 0 heterocycles.